The quantitative estimate of drug-likeness (QED) is 0.831. The molecule has 1 aliphatic rings. The van der Waals surface area contributed by atoms with Gasteiger partial charge in [0.25, 0.3) is 0 Å². The van der Waals surface area contributed by atoms with Gasteiger partial charge in [-0.25, -0.2) is 4.79 Å². The highest BCUT2D eigenvalue weighted by molar-refractivity contribution is 5.97. The summed E-state index contributed by atoms with van der Waals surface area (Å²) in [6, 6.07) is 9.49. The van der Waals surface area contributed by atoms with E-state index >= 15 is 0 Å². The van der Waals surface area contributed by atoms with Gasteiger partial charge in [-0.1, -0.05) is 30.3 Å². The number of aromatic nitrogens is 1. The Kier molecular flexibility index (Phi) is 2.23. The number of nitrogens with one attached hydrogen (secondary N) is 1. The number of benzene rings is 1. The Hall–Kier alpha value is -2.07. The molecule has 17 heavy (non-hydrogen) atoms. The maximum Gasteiger partial charge on any atom is 0.338 e. The highest BCUT2D eigenvalue weighted by Crippen LogP contribution is 2.32. The molecule has 0 bridgehead atoms. The van der Waals surface area contributed by atoms with Gasteiger partial charge in [0, 0.05) is 11.3 Å². The van der Waals surface area contributed by atoms with Gasteiger partial charge in [-0.2, -0.15) is 0 Å². The molecule has 0 saturated heterocycles. The van der Waals surface area contributed by atoms with Crippen LogP contribution in [0.15, 0.2) is 30.3 Å². The third kappa shape index (κ3) is 1.54. The van der Waals surface area contributed by atoms with E-state index in [1.807, 2.05) is 30.3 Å². The summed E-state index contributed by atoms with van der Waals surface area (Å²) in [6.45, 7) is 0.836. The van der Waals surface area contributed by atoms with Gasteiger partial charge in [0.05, 0.1) is 24.5 Å². The number of aromatic carboxylic acids is 1. The first-order valence-corrected chi connectivity index (χ1v) is 5.37. The van der Waals surface area contributed by atoms with Gasteiger partial charge in [-0.15, -0.1) is 0 Å². The van der Waals surface area contributed by atoms with Crippen LogP contribution in [-0.4, -0.2) is 16.1 Å². The highest BCUT2D eigenvalue weighted by Gasteiger charge is 2.26. The van der Waals surface area contributed by atoms with Crippen LogP contribution in [0.1, 0.15) is 21.6 Å². The van der Waals surface area contributed by atoms with Crippen molar-refractivity contribution < 1.29 is 14.6 Å². The number of carboxylic acids is 1. The number of rotatable bonds is 2. The summed E-state index contributed by atoms with van der Waals surface area (Å²) < 4.78 is 5.24. The minimum Gasteiger partial charge on any atom is -0.478 e. The van der Waals surface area contributed by atoms with Crippen molar-refractivity contribution in [2.45, 2.75) is 13.2 Å². The van der Waals surface area contributed by atoms with Gasteiger partial charge in [-0.05, 0) is 5.56 Å². The molecule has 0 unspecified atom stereocenters. The van der Waals surface area contributed by atoms with Crippen LogP contribution in [0.2, 0.25) is 0 Å². The summed E-state index contributed by atoms with van der Waals surface area (Å²) in [7, 11) is 0. The van der Waals surface area contributed by atoms with E-state index in [4.69, 9.17) is 4.74 Å². The standard InChI is InChI=1S/C13H11NO3/c15-13(16)11-9-6-17-7-10(9)14-12(11)8-4-2-1-3-5-8/h1-5,14H,6-7H2,(H,15,16). The van der Waals surface area contributed by atoms with E-state index in [1.54, 1.807) is 0 Å². The molecule has 0 radical (unpaired) electrons. The fourth-order valence-corrected chi connectivity index (χ4v) is 2.19. The molecule has 0 spiro atoms. The molecule has 4 nitrogen and oxygen atoms in total. The maximum absolute atomic E-state index is 11.3. The first-order valence-electron chi connectivity index (χ1n) is 5.37. The van der Waals surface area contributed by atoms with Crippen LogP contribution in [0.4, 0.5) is 0 Å². The van der Waals surface area contributed by atoms with Crippen LogP contribution in [0.25, 0.3) is 11.3 Å². The minimum absolute atomic E-state index is 0.337. The number of H-pyrrole nitrogens is 1. The van der Waals surface area contributed by atoms with Crippen LogP contribution in [-0.2, 0) is 18.0 Å². The molecule has 3 rings (SSSR count). The fourth-order valence-electron chi connectivity index (χ4n) is 2.19. The SMILES string of the molecule is O=C(O)c1c(-c2ccccc2)[nH]c2c1COC2. The Morgan fingerprint density at radius 1 is 1.24 bits per heavy atom. The van der Waals surface area contributed by atoms with Gasteiger partial charge in [0.1, 0.15) is 0 Å². The normalized spacial score (nSPS) is 13.6. The zero-order chi connectivity index (χ0) is 11.8. The zero-order valence-electron chi connectivity index (χ0n) is 9.06. The van der Waals surface area contributed by atoms with E-state index in [-0.39, 0.29) is 0 Å². The Labute approximate surface area is 97.9 Å². The number of ether oxygens (including phenoxy) is 1. The van der Waals surface area contributed by atoms with Crippen molar-refractivity contribution in [3.8, 4) is 11.3 Å². The molecule has 2 aromatic rings. The van der Waals surface area contributed by atoms with Crippen molar-refractivity contribution in [3.63, 3.8) is 0 Å². The molecule has 2 heterocycles. The molecule has 2 N–H and O–H groups in total. The Balaban J connectivity index is 2.21. The third-order valence-corrected chi connectivity index (χ3v) is 2.96. The second-order valence-electron chi connectivity index (χ2n) is 4.00. The Morgan fingerprint density at radius 2 is 2.00 bits per heavy atom. The second-order valence-corrected chi connectivity index (χ2v) is 4.00. The summed E-state index contributed by atoms with van der Waals surface area (Å²) in [5, 5.41) is 9.30. The van der Waals surface area contributed by atoms with E-state index < -0.39 is 5.97 Å². The molecule has 0 aliphatic carbocycles. The number of aromatic amines is 1. The summed E-state index contributed by atoms with van der Waals surface area (Å²) in [5.41, 5.74) is 3.55. The second kappa shape index (κ2) is 3.75. The summed E-state index contributed by atoms with van der Waals surface area (Å²) >= 11 is 0. The van der Waals surface area contributed by atoms with Crippen molar-refractivity contribution in [3.05, 3.63) is 47.2 Å². The van der Waals surface area contributed by atoms with Crippen molar-refractivity contribution in [1.82, 2.24) is 4.98 Å². The Bertz CT molecular complexity index is 572. The molecule has 0 atom stereocenters. The predicted octanol–water partition coefficient (Wildman–Crippen LogP) is 2.41. The lowest BCUT2D eigenvalue weighted by Crippen LogP contribution is -2.01. The average Bonchev–Trinajstić information content (AvgIpc) is 2.88. The van der Waals surface area contributed by atoms with Crippen LogP contribution >= 0.6 is 0 Å². The molecule has 1 aromatic heterocycles. The number of carbonyl (C=O) groups is 1. The largest absolute Gasteiger partial charge is 0.478 e. The van der Waals surface area contributed by atoms with E-state index in [9.17, 15) is 9.90 Å². The molecular weight excluding hydrogens is 218 g/mol. The Morgan fingerprint density at radius 3 is 2.71 bits per heavy atom. The molecule has 1 aliphatic heterocycles. The van der Waals surface area contributed by atoms with E-state index in [0.717, 1.165) is 16.8 Å². The number of hydrogen-bond acceptors (Lipinski definition) is 2. The lowest BCUT2D eigenvalue weighted by atomic mass is 10.0. The molecule has 0 amide bonds. The molecule has 1 aromatic carbocycles. The van der Waals surface area contributed by atoms with Crippen molar-refractivity contribution in [1.29, 1.82) is 0 Å². The smallest absolute Gasteiger partial charge is 0.338 e. The average molecular weight is 229 g/mol. The van der Waals surface area contributed by atoms with Gasteiger partial charge in [-0.3, -0.25) is 0 Å². The lowest BCUT2D eigenvalue weighted by molar-refractivity contribution is 0.0692. The number of hydrogen-bond donors (Lipinski definition) is 2. The number of carboxylic acid groups (broad SMARTS) is 1. The minimum atomic E-state index is -0.910. The molecule has 4 heteroatoms. The van der Waals surface area contributed by atoms with Crippen molar-refractivity contribution in [2.24, 2.45) is 0 Å². The summed E-state index contributed by atoms with van der Waals surface area (Å²) in [5.74, 6) is -0.910. The highest BCUT2D eigenvalue weighted by atomic mass is 16.5. The van der Waals surface area contributed by atoms with Crippen LogP contribution in [0.5, 0.6) is 0 Å². The molecule has 86 valence electrons. The fraction of sp³-hybridized carbons (Fsp3) is 0.154. The zero-order valence-corrected chi connectivity index (χ0v) is 9.06. The van der Waals surface area contributed by atoms with Gasteiger partial charge in [0.2, 0.25) is 0 Å². The summed E-state index contributed by atoms with van der Waals surface area (Å²) in [6.07, 6.45) is 0. The van der Waals surface area contributed by atoms with Gasteiger partial charge in [0.15, 0.2) is 0 Å². The monoisotopic (exact) mass is 229 g/mol. The molecule has 0 saturated carbocycles. The van der Waals surface area contributed by atoms with E-state index in [1.165, 1.54) is 0 Å². The molecular formula is C13H11NO3. The van der Waals surface area contributed by atoms with Crippen molar-refractivity contribution >= 4 is 5.97 Å². The van der Waals surface area contributed by atoms with Gasteiger partial charge < -0.3 is 14.8 Å². The predicted molar refractivity (Wildman–Crippen MR) is 61.7 cm³/mol. The van der Waals surface area contributed by atoms with Gasteiger partial charge >= 0.3 is 5.97 Å². The van der Waals surface area contributed by atoms with E-state index in [2.05, 4.69) is 4.98 Å². The maximum atomic E-state index is 11.3. The molecule has 0 fully saturated rings. The van der Waals surface area contributed by atoms with E-state index in [0.29, 0.717) is 24.5 Å². The third-order valence-electron chi connectivity index (χ3n) is 2.96. The first kappa shape index (κ1) is 10.1. The topological polar surface area (TPSA) is 62.3 Å². The van der Waals surface area contributed by atoms with Crippen molar-refractivity contribution in [2.75, 3.05) is 0 Å². The number of fused-ring (bicyclic) bond motifs is 1. The van der Waals surface area contributed by atoms with Crippen LogP contribution in [0, 0.1) is 0 Å². The summed E-state index contributed by atoms with van der Waals surface area (Å²) in [4.78, 5) is 14.5. The first-order chi connectivity index (χ1) is 8.27. The van der Waals surface area contributed by atoms with Crippen LogP contribution < -0.4 is 0 Å². The van der Waals surface area contributed by atoms with Crippen LogP contribution in [0.3, 0.4) is 0 Å². The lowest BCUT2D eigenvalue weighted by Gasteiger charge is -2.02.